The average Bonchev–Trinajstić information content (AvgIpc) is 2.60. The molecule has 1 saturated heterocycles. The summed E-state index contributed by atoms with van der Waals surface area (Å²) in [4.78, 5) is 12.0. The molecule has 25 heavy (non-hydrogen) atoms. The summed E-state index contributed by atoms with van der Waals surface area (Å²) in [7, 11) is 0. The quantitative estimate of drug-likeness (QED) is 0.453. The van der Waals surface area contributed by atoms with Crippen LogP contribution in [0.15, 0.2) is 48.3 Å². The van der Waals surface area contributed by atoms with Gasteiger partial charge in [0.25, 0.3) is 0 Å². The topological polar surface area (TPSA) is 28.5 Å². The molecule has 1 aromatic heterocycles. The number of aliphatic imine (C=N–C) groups is 1. The van der Waals surface area contributed by atoms with E-state index in [1.165, 1.54) is 36.9 Å². The Hall–Kier alpha value is -1.74. The molecule has 1 fully saturated rings. The standard InChI is InChI=1S/C22H33N3/c1-6-8-9-16-25-19(21(17(3)4)23-7-2)13-10-14-20(25)22-18(5)12-11-15-24-22/h7,11-12,15,19-20H,2-3,6,8-10,13-14,16H2,1,4-5H3. The minimum Gasteiger partial charge on any atom is -0.286 e. The third kappa shape index (κ3) is 4.88. The predicted molar refractivity (Wildman–Crippen MR) is 108 cm³/mol. The van der Waals surface area contributed by atoms with E-state index in [4.69, 9.17) is 4.98 Å². The summed E-state index contributed by atoms with van der Waals surface area (Å²) < 4.78 is 0. The predicted octanol–water partition coefficient (Wildman–Crippen LogP) is 5.64. The smallest absolute Gasteiger partial charge is 0.0604 e. The van der Waals surface area contributed by atoms with Crippen molar-refractivity contribution in [3.05, 3.63) is 54.5 Å². The second-order valence-electron chi connectivity index (χ2n) is 7.09. The second-order valence-corrected chi connectivity index (χ2v) is 7.09. The molecular formula is C22H33N3. The van der Waals surface area contributed by atoms with Gasteiger partial charge in [-0.3, -0.25) is 14.9 Å². The van der Waals surface area contributed by atoms with Crippen molar-refractivity contribution in [2.45, 2.75) is 71.4 Å². The summed E-state index contributed by atoms with van der Waals surface area (Å²) in [5.74, 6) is 0. The number of aromatic nitrogens is 1. The van der Waals surface area contributed by atoms with Gasteiger partial charge < -0.3 is 0 Å². The van der Waals surface area contributed by atoms with Gasteiger partial charge >= 0.3 is 0 Å². The third-order valence-electron chi connectivity index (χ3n) is 5.12. The Labute approximate surface area is 153 Å². The van der Waals surface area contributed by atoms with Crippen LogP contribution < -0.4 is 0 Å². The van der Waals surface area contributed by atoms with E-state index >= 15 is 0 Å². The number of aryl methyl sites for hydroxylation is 1. The number of rotatable bonds is 8. The zero-order chi connectivity index (χ0) is 18.2. The Kier molecular flexibility index (Phi) is 7.57. The Morgan fingerprint density at radius 2 is 2.20 bits per heavy atom. The molecule has 0 amide bonds. The molecule has 2 heterocycles. The first-order valence-corrected chi connectivity index (χ1v) is 9.61. The van der Waals surface area contributed by atoms with E-state index < -0.39 is 0 Å². The maximum Gasteiger partial charge on any atom is 0.0604 e. The summed E-state index contributed by atoms with van der Waals surface area (Å²) in [6, 6.07) is 4.88. The number of piperidine rings is 1. The minimum atomic E-state index is 0.313. The number of hydrogen-bond donors (Lipinski definition) is 0. The maximum absolute atomic E-state index is 4.74. The van der Waals surface area contributed by atoms with E-state index in [1.54, 1.807) is 6.20 Å². The van der Waals surface area contributed by atoms with Crippen LogP contribution in [0.3, 0.4) is 0 Å². The van der Waals surface area contributed by atoms with Crippen LogP contribution in [0.1, 0.15) is 69.7 Å². The van der Waals surface area contributed by atoms with Gasteiger partial charge in [-0.1, -0.05) is 39.0 Å². The Bertz CT molecular complexity index is 617. The molecule has 0 saturated carbocycles. The Morgan fingerprint density at radius 1 is 1.40 bits per heavy atom. The van der Waals surface area contributed by atoms with Crippen LogP contribution in [0.25, 0.3) is 0 Å². The molecule has 3 heteroatoms. The van der Waals surface area contributed by atoms with E-state index in [9.17, 15) is 0 Å². The summed E-state index contributed by atoms with van der Waals surface area (Å²) in [6.07, 6.45) is 10.8. The first kappa shape index (κ1) is 19.6. The van der Waals surface area contributed by atoms with Crippen molar-refractivity contribution in [1.29, 1.82) is 0 Å². The fourth-order valence-corrected chi connectivity index (χ4v) is 3.92. The molecule has 2 atom stereocenters. The Balaban J connectivity index is 2.37. The zero-order valence-electron chi connectivity index (χ0n) is 16.2. The highest BCUT2D eigenvalue weighted by Gasteiger charge is 2.35. The van der Waals surface area contributed by atoms with E-state index in [0.717, 1.165) is 30.7 Å². The van der Waals surface area contributed by atoms with Crippen molar-refractivity contribution < 1.29 is 0 Å². The molecule has 136 valence electrons. The normalized spacial score (nSPS) is 22.0. The largest absolute Gasteiger partial charge is 0.286 e. The zero-order valence-corrected chi connectivity index (χ0v) is 16.2. The lowest BCUT2D eigenvalue weighted by atomic mass is 9.87. The highest BCUT2D eigenvalue weighted by molar-refractivity contribution is 6.03. The molecule has 2 rings (SSSR count). The summed E-state index contributed by atoms with van der Waals surface area (Å²) >= 11 is 0. The highest BCUT2D eigenvalue weighted by Crippen LogP contribution is 2.36. The van der Waals surface area contributed by atoms with Crippen molar-refractivity contribution in [1.82, 2.24) is 9.88 Å². The molecule has 0 aliphatic carbocycles. The molecular weight excluding hydrogens is 306 g/mol. The van der Waals surface area contributed by atoms with Crippen molar-refractivity contribution >= 4 is 5.71 Å². The number of hydrogen-bond acceptors (Lipinski definition) is 3. The lowest BCUT2D eigenvalue weighted by molar-refractivity contribution is 0.113. The van der Waals surface area contributed by atoms with Gasteiger partial charge in [-0.2, -0.15) is 0 Å². The first-order chi connectivity index (χ1) is 12.1. The van der Waals surface area contributed by atoms with Crippen molar-refractivity contribution in [2.24, 2.45) is 4.99 Å². The number of pyridine rings is 1. The lowest BCUT2D eigenvalue weighted by Crippen LogP contribution is -2.47. The summed E-state index contributed by atoms with van der Waals surface area (Å²) in [6.45, 7) is 15.6. The Morgan fingerprint density at radius 3 is 2.84 bits per heavy atom. The lowest BCUT2D eigenvalue weighted by Gasteiger charge is -2.43. The van der Waals surface area contributed by atoms with Crippen molar-refractivity contribution in [3.8, 4) is 0 Å². The van der Waals surface area contributed by atoms with Gasteiger partial charge in [0.2, 0.25) is 0 Å². The van der Waals surface area contributed by atoms with E-state index in [1.807, 2.05) is 12.3 Å². The van der Waals surface area contributed by atoms with Crippen LogP contribution in [-0.2, 0) is 0 Å². The molecule has 2 unspecified atom stereocenters. The van der Waals surface area contributed by atoms with Gasteiger partial charge in [0.1, 0.15) is 0 Å². The minimum absolute atomic E-state index is 0.313. The van der Waals surface area contributed by atoms with E-state index in [2.05, 4.69) is 49.9 Å². The highest BCUT2D eigenvalue weighted by atomic mass is 15.2. The summed E-state index contributed by atoms with van der Waals surface area (Å²) in [5.41, 5.74) is 4.64. The van der Waals surface area contributed by atoms with Crippen molar-refractivity contribution in [2.75, 3.05) is 6.54 Å². The number of likely N-dealkylation sites (tertiary alicyclic amines) is 1. The second kappa shape index (κ2) is 9.67. The maximum atomic E-state index is 4.74. The molecule has 0 bridgehead atoms. The molecule has 1 aliphatic heterocycles. The monoisotopic (exact) mass is 339 g/mol. The van der Waals surface area contributed by atoms with Gasteiger partial charge in [0, 0.05) is 12.4 Å². The van der Waals surface area contributed by atoms with E-state index in [-0.39, 0.29) is 0 Å². The third-order valence-corrected chi connectivity index (χ3v) is 5.12. The van der Waals surface area contributed by atoms with Gasteiger partial charge in [-0.05, 0) is 63.3 Å². The van der Waals surface area contributed by atoms with Gasteiger partial charge in [0.05, 0.1) is 23.5 Å². The van der Waals surface area contributed by atoms with Crippen molar-refractivity contribution in [3.63, 3.8) is 0 Å². The van der Waals surface area contributed by atoms with Gasteiger partial charge in [-0.15, -0.1) is 0 Å². The van der Waals surface area contributed by atoms with Gasteiger partial charge in [0.15, 0.2) is 0 Å². The summed E-state index contributed by atoms with van der Waals surface area (Å²) in [5, 5.41) is 0. The van der Waals surface area contributed by atoms with Crippen LogP contribution in [0.4, 0.5) is 0 Å². The fourth-order valence-electron chi connectivity index (χ4n) is 3.92. The van der Waals surface area contributed by atoms with E-state index in [0.29, 0.717) is 12.1 Å². The van der Waals surface area contributed by atoms with Gasteiger partial charge in [-0.25, -0.2) is 0 Å². The average molecular weight is 340 g/mol. The number of unbranched alkanes of at least 4 members (excludes halogenated alkanes) is 2. The molecule has 0 radical (unpaired) electrons. The molecule has 0 N–H and O–H groups in total. The van der Waals surface area contributed by atoms with Crippen LogP contribution in [-0.4, -0.2) is 28.2 Å². The van der Waals surface area contributed by atoms with Crippen LogP contribution in [0.5, 0.6) is 0 Å². The SMILES string of the molecule is C=CN=C(C(=C)C)C1CCCC(c2ncccc2C)N1CCCCC. The molecule has 0 aromatic carbocycles. The molecule has 3 nitrogen and oxygen atoms in total. The fraction of sp³-hybridized carbons (Fsp3) is 0.545. The molecule has 1 aliphatic rings. The van der Waals surface area contributed by atoms with Crippen LogP contribution in [0, 0.1) is 6.92 Å². The first-order valence-electron chi connectivity index (χ1n) is 9.61. The number of nitrogens with zero attached hydrogens (tertiary/aromatic N) is 3. The van der Waals surface area contributed by atoms with Crippen LogP contribution >= 0.6 is 0 Å². The molecule has 0 spiro atoms. The molecule has 1 aromatic rings. The van der Waals surface area contributed by atoms with Crippen LogP contribution in [0.2, 0.25) is 0 Å².